The van der Waals surface area contributed by atoms with E-state index in [9.17, 15) is 14.4 Å². The summed E-state index contributed by atoms with van der Waals surface area (Å²) in [4.78, 5) is 42.2. The summed E-state index contributed by atoms with van der Waals surface area (Å²) >= 11 is 0. The first-order chi connectivity index (χ1) is 14.0. The summed E-state index contributed by atoms with van der Waals surface area (Å²) in [5, 5.41) is 0. The van der Waals surface area contributed by atoms with Crippen molar-refractivity contribution in [3.05, 3.63) is 23.8 Å². The van der Waals surface area contributed by atoms with Gasteiger partial charge in [-0.05, 0) is 24.6 Å². The van der Waals surface area contributed by atoms with Gasteiger partial charge in [0.05, 0.1) is 12.5 Å². The first-order valence-electron chi connectivity index (χ1n) is 9.92. The molecule has 0 aromatic heterocycles. The van der Waals surface area contributed by atoms with E-state index >= 15 is 0 Å². The number of nitrogens with zero attached hydrogens (tertiary/aromatic N) is 3. The summed E-state index contributed by atoms with van der Waals surface area (Å²) in [5.41, 5.74) is 0.943. The lowest BCUT2D eigenvalue weighted by molar-refractivity contribution is -0.137. The molecule has 3 aliphatic rings. The lowest BCUT2D eigenvalue weighted by Gasteiger charge is -2.35. The number of amides is 3. The summed E-state index contributed by atoms with van der Waals surface area (Å²) in [6.45, 7) is 4.99. The first kappa shape index (κ1) is 19.4. The van der Waals surface area contributed by atoms with E-state index in [0.717, 1.165) is 5.56 Å². The molecule has 1 unspecified atom stereocenters. The molecular weight excluding hydrogens is 378 g/mol. The Labute approximate surface area is 169 Å². The van der Waals surface area contributed by atoms with Crippen LogP contribution < -0.4 is 9.47 Å². The molecule has 9 nitrogen and oxygen atoms in total. The van der Waals surface area contributed by atoms with Crippen LogP contribution in [0.2, 0.25) is 0 Å². The summed E-state index contributed by atoms with van der Waals surface area (Å²) in [5.74, 6) is 1.00. The molecule has 29 heavy (non-hydrogen) atoms. The number of likely N-dealkylation sites (tertiary alicyclic amines) is 1. The van der Waals surface area contributed by atoms with Crippen molar-refractivity contribution in [1.29, 1.82) is 0 Å². The fraction of sp³-hybridized carbons (Fsp3) is 0.550. The molecule has 0 saturated carbocycles. The average Bonchev–Trinajstić information content (AvgIpc) is 3.34. The summed E-state index contributed by atoms with van der Waals surface area (Å²) in [7, 11) is 0. The van der Waals surface area contributed by atoms with Crippen LogP contribution in [-0.2, 0) is 20.9 Å². The second kappa shape index (κ2) is 8.18. The molecule has 3 heterocycles. The first-order valence-corrected chi connectivity index (χ1v) is 9.92. The van der Waals surface area contributed by atoms with E-state index in [4.69, 9.17) is 14.2 Å². The van der Waals surface area contributed by atoms with Crippen LogP contribution in [0.15, 0.2) is 18.2 Å². The largest absolute Gasteiger partial charge is 0.454 e. The molecule has 0 spiro atoms. The van der Waals surface area contributed by atoms with Crippen molar-refractivity contribution in [2.75, 3.05) is 46.1 Å². The van der Waals surface area contributed by atoms with Crippen molar-refractivity contribution in [2.24, 2.45) is 5.92 Å². The van der Waals surface area contributed by atoms with Gasteiger partial charge in [-0.1, -0.05) is 6.07 Å². The molecule has 1 atom stereocenters. The van der Waals surface area contributed by atoms with Crippen molar-refractivity contribution >= 4 is 17.9 Å². The third kappa shape index (κ3) is 4.08. The Morgan fingerprint density at radius 1 is 1.10 bits per heavy atom. The maximum atomic E-state index is 12.9. The molecular formula is C20H25N3O6. The highest BCUT2D eigenvalue weighted by Crippen LogP contribution is 2.33. The minimum atomic E-state index is -0.342. The Hall–Kier alpha value is -2.97. The van der Waals surface area contributed by atoms with Crippen LogP contribution in [0, 0.1) is 5.92 Å². The van der Waals surface area contributed by atoms with E-state index in [-0.39, 0.29) is 37.0 Å². The SMILES string of the molecule is CCOC(=O)N1CCN(C(=O)C2CC(=O)N(Cc3ccc4c(c3)OCO4)C2)CC1. The fourth-order valence-corrected chi connectivity index (χ4v) is 3.93. The Morgan fingerprint density at radius 2 is 1.83 bits per heavy atom. The van der Waals surface area contributed by atoms with Gasteiger partial charge in [-0.15, -0.1) is 0 Å². The van der Waals surface area contributed by atoms with E-state index in [1.807, 2.05) is 18.2 Å². The normalized spacial score (nSPS) is 20.9. The van der Waals surface area contributed by atoms with Gasteiger partial charge in [-0.3, -0.25) is 9.59 Å². The molecule has 3 aliphatic heterocycles. The monoisotopic (exact) mass is 403 g/mol. The molecule has 0 aliphatic carbocycles. The summed E-state index contributed by atoms with van der Waals surface area (Å²) in [6.07, 6.45) is -0.118. The average molecular weight is 403 g/mol. The molecule has 1 aromatic rings. The van der Waals surface area contributed by atoms with E-state index in [0.29, 0.717) is 57.4 Å². The third-order valence-corrected chi connectivity index (χ3v) is 5.49. The third-order valence-electron chi connectivity index (χ3n) is 5.49. The second-order valence-electron chi connectivity index (χ2n) is 7.37. The number of rotatable bonds is 4. The van der Waals surface area contributed by atoms with Gasteiger partial charge >= 0.3 is 6.09 Å². The highest BCUT2D eigenvalue weighted by atomic mass is 16.7. The van der Waals surface area contributed by atoms with Crippen molar-refractivity contribution in [3.63, 3.8) is 0 Å². The smallest absolute Gasteiger partial charge is 0.409 e. The van der Waals surface area contributed by atoms with E-state index in [2.05, 4.69) is 0 Å². The van der Waals surface area contributed by atoms with Crippen molar-refractivity contribution < 1.29 is 28.6 Å². The highest BCUT2D eigenvalue weighted by Gasteiger charge is 2.37. The number of benzene rings is 1. The Balaban J connectivity index is 1.31. The number of ether oxygens (including phenoxy) is 3. The minimum Gasteiger partial charge on any atom is -0.454 e. The lowest BCUT2D eigenvalue weighted by Crippen LogP contribution is -2.52. The van der Waals surface area contributed by atoms with Gasteiger partial charge in [0, 0.05) is 45.7 Å². The Morgan fingerprint density at radius 3 is 2.59 bits per heavy atom. The van der Waals surface area contributed by atoms with Crippen molar-refractivity contribution in [1.82, 2.24) is 14.7 Å². The predicted molar refractivity (Wildman–Crippen MR) is 101 cm³/mol. The van der Waals surface area contributed by atoms with Gasteiger partial charge < -0.3 is 28.9 Å². The highest BCUT2D eigenvalue weighted by molar-refractivity contribution is 5.89. The Bertz CT molecular complexity index is 805. The summed E-state index contributed by atoms with van der Waals surface area (Å²) < 4.78 is 15.7. The molecule has 2 saturated heterocycles. The van der Waals surface area contributed by atoms with Crippen LogP contribution in [0.25, 0.3) is 0 Å². The number of piperazine rings is 1. The van der Waals surface area contributed by atoms with Gasteiger partial charge in [-0.2, -0.15) is 0 Å². The lowest BCUT2D eigenvalue weighted by atomic mass is 10.1. The number of fused-ring (bicyclic) bond motifs is 1. The minimum absolute atomic E-state index is 0.0185. The predicted octanol–water partition coefficient (Wildman–Crippen LogP) is 1.06. The van der Waals surface area contributed by atoms with Crippen LogP contribution in [0.1, 0.15) is 18.9 Å². The van der Waals surface area contributed by atoms with Crippen molar-refractivity contribution in [2.45, 2.75) is 19.9 Å². The molecule has 0 bridgehead atoms. The maximum absolute atomic E-state index is 12.9. The molecule has 4 rings (SSSR count). The van der Waals surface area contributed by atoms with Crippen LogP contribution in [0.5, 0.6) is 11.5 Å². The quantitative estimate of drug-likeness (QED) is 0.747. The van der Waals surface area contributed by atoms with Gasteiger partial charge in [-0.25, -0.2) is 4.79 Å². The molecule has 2 fully saturated rings. The van der Waals surface area contributed by atoms with Gasteiger partial charge in [0.1, 0.15) is 0 Å². The van der Waals surface area contributed by atoms with Crippen LogP contribution >= 0.6 is 0 Å². The van der Waals surface area contributed by atoms with E-state index in [1.165, 1.54) is 0 Å². The molecule has 0 N–H and O–H groups in total. The maximum Gasteiger partial charge on any atom is 0.409 e. The topological polar surface area (TPSA) is 88.6 Å². The molecule has 156 valence electrons. The zero-order valence-electron chi connectivity index (χ0n) is 16.5. The van der Waals surface area contributed by atoms with Gasteiger partial charge in [0.2, 0.25) is 18.6 Å². The second-order valence-corrected chi connectivity index (χ2v) is 7.37. The van der Waals surface area contributed by atoms with Crippen LogP contribution in [0.4, 0.5) is 4.79 Å². The van der Waals surface area contributed by atoms with E-state index in [1.54, 1.807) is 21.6 Å². The zero-order valence-corrected chi connectivity index (χ0v) is 16.5. The van der Waals surface area contributed by atoms with Crippen LogP contribution in [-0.4, -0.2) is 78.7 Å². The molecule has 9 heteroatoms. The van der Waals surface area contributed by atoms with Gasteiger partial charge in [0.15, 0.2) is 11.5 Å². The Kier molecular flexibility index (Phi) is 5.46. The standard InChI is InChI=1S/C20H25N3O6/c1-2-27-20(26)22-7-5-21(6-8-22)19(25)15-10-18(24)23(12-15)11-14-3-4-16-17(9-14)29-13-28-16/h3-4,9,15H,2,5-8,10-13H2,1H3. The number of hydrogen-bond donors (Lipinski definition) is 0. The molecule has 0 radical (unpaired) electrons. The molecule has 3 amide bonds. The number of hydrogen-bond acceptors (Lipinski definition) is 6. The van der Waals surface area contributed by atoms with Gasteiger partial charge in [0.25, 0.3) is 0 Å². The van der Waals surface area contributed by atoms with Crippen LogP contribution in [0.3, 0.4) is 0 Å². The van der Waals surface area contributed by atoms with E-state index < -0.39 is 0 Å². The molecule has 1 aromatic carbocycles. The van der Waals surface area contributed by atoms with Crippen molar-refractivity contribution in [3.8, 4) is 11.5 Å². The fourth-order valence-electron chi connectivity index (χ4n) is 3.93. The zero-order chi connectivity index (χ0) is 20.4. The number of carbonyl (C=O) groups excluding carboxylic acids is 3. The summed E-state index contributed by atoms with van der Waals surface area (Å²) in [6, 6.07) is 5.62. The number of carbonyl (C=O) groups is 3.